The number of rotatable bonds is 5. The summed E-state index contributed by atoms with van der Waals surface area (Å²) in [4.78, 5) is 0. The minimum Gasteiger partial charge on any atom is -0.310 e. The number of benzene rings is 1. The summed E-state index contributed by atoms with van der Waals surface area (Å²) in [7, 11) is 0. The minimum atomic E-state index is 0.582. The molecule has 1 aromatic carbocycles. The fourth-order valence-electron chi connectivity index (χ4n) is 1.79. The Labute approximate surface area is 126 Å². The largest absolute Gasteiger partial charge is 0.310 e. The molecule has 0 amide bonds. The van der Waals surface area contributed by atoms with Crippen molar-refractivity contribution in [1.82, 2.24) is 5.32 Å². The molecule has 1 aliphatic rings. The molecule has 1 nitrogen and oxygen atoms in total. The molecule has 1 fully saturated rings. The maximum absolute atomic E-state index is 3.59. The Morgan fingerprint density at radius 3 is 2.61 bits per heavy atom. The predicted molar refractivity (Wildman–Crippen MR) is 85.7 cm³/mol. The molecular formula is C15H19Br2N. The van der Waals surface area contributed by atoms with Gasteiger partial charge in [-0.05, 0) is 68.3 Å². The van der Waals surface area contributed by atoms with Crippen LogP contribution in [0.4, 0.5) is 0 Å². The van der Waals surface area contributed by atoms with Gasteiger partial charge in [0.2, 0.25) is 0 Å². The lowest BCUT2D eigenvalue weighted by Gasteiger charge is -2.13. The van der Waals surface area contributed by atoms with Crippen LogP contribution in [-0.4, -0.2) is 12.6 Å². The van der Waals surface area contributed by atoms with E-state index in [4.69, 9.17) is 0 Å². The summed E-state index contributed by atoms with van der Waals surface area (Å²) in [5.41, 5.74) is 2.72. The second-order valence-electron chi connectivity index (χ2n) is 5.20. The first-order valence-electron chi connectivity index (χ1n) is 6.45. The molecular weight excluding hydrogens is 354 g/mol. The standard InChI is InChI=1S/C15H19Br2N/c1-10(2)12(9-18-13-4-5-13)7-11-3-6-14(16)15(17)8-11/h3,6-8,10,13,18H,4-5,9H2,1-2H3/b12-7+. The second-order valence-corrected chi connectivity index (χ2v) is 6.91. The van der Waals surface area contributed by atoms with Crippen LogP contribution < -0.4 is 5.32 Å². The van der Waals surface area contributed by atoms with Gasteiger partial charge >= 0.3 is 0 Å². The number of nitrogens with one attached hydrogen (secondary N) is 1. The van der Waals surface area contributed by atoms with E-state index in [9.17, 15) is 0 Å². The lowest BCUT2D eigenvalue weighted by atomic mass is 10.0. The zero-order valence-corrected chi connectivity index (χ0v) is 14.0. The molecule has 0 saturated heterocycles. The average molecular weight is 373 g/mol. The van der Waals surface area contributed by atoms with Gasteiger partial charge in [0, 0.05) is 21.5 Å². The fraction of sp³-hybridized carbons (Fsp3) is 0.467. The summed E-state index contributed by atoms with van der Waals surface area (Å²) in [6.45, 7) is 5.53. The van der Waals surface area contributed by atoms with E-state index in [0.717, 1.165) is 21.5 Å². The Morgan fingerprint density at radius 1 is 1.33 bits per heavy atom. The summed E-state index contributed by atoms with van der Waals surface area (Å²) in [6, 6.07) is 7.16. The summed E-state index contributed by atoms with van der Waals surface area (Å²) >= 11 is 7.06. The highest BCUT2D eigenvalue weighted by molar-refractivity contribution is 9.13. The molecule has 0 aliphatic heterocycles. The monoisotopic (exact) mass is 371 g/mol. The molecule has 98 valence electrons. The van der Waals surface area contributed by atoms with Gasteiger partial charge < -0.3 is 5.32 Å². The predicted octanol–water partition coefficient (Wildman–Crippen LogP) is 5.00. The van der Waals surface area contributed by atoms with E-state index in [1.807, 2.05) is 0 Å². The van der Waals surface area contributed by atoms with Crippen LogP contribution in [0.1, 0.15) is 32.3 Å². The van der Waals surface area contributed by atoms with Crippen LogP contribution in [0.25, 0.3) is 6.08 Å². The van der Waals surface area contributed by atoms with E-state index in [1.165, 1.54) is 24.0 Å². The molecule has 0 bridgehead atoms. The van der Waals surface area contributed by atoms with Gasteiger partial charge in [0.25, 0.3) is 0 Å². The highest BCUT2D eigenvalue weighted by Gasteiger charge is 2.20. The highest BCUT2D eigenvalue weighted by Crippen LogP contribution is 2.26. The van der Waals surface area contributed by atoms with E-state index in [0.29, 0.717) is 5.92 Å². The van der Waals surface area contributed by atoms with Crippen molar-refractivity contribution in [2.45, 2.75) is 32.7 Å². The van der Waals surface area contributed by atoms with Gasteiger partial charge in [-0.3, -0.25) is 0 Å². The first kappa shape index (κ1) is 14.3. The van der Waals surface area contributed by atoms with Crippen molar-refractivity contribution in [2.75, 3.05) is 6.54 Å². The topological polar surface area (TPSA) is 12.0 Å². The van der Waals surface area contributed by atoms with Crippen molar-refractivity contribution < 1.29 is 0 Å². The van der Waals surface area contributed by atoms with E-state index in [2.05, 4.69) is 75.3 Å². The Balaban J connectivity index is 2.11. The maximum atomic E-state index is 3.59. The van der Waals surface area contributed by atoms with Crippen molar-refractivity contribution in [3.8, 4) is 0 Å². The normalized spacial score (nSPS) is 16.4. The van der Waals surface area contributed by atoms with Gasteiger partial charge in [0.05, 0.1) is 0 Å². The first-order valence-corrected chi connectivity index (χ1v) is 8.03. The smallest absolute Gasteiger partial charge is 0.0323 e. The zero-order valence-electron chi connectivity index (χ0n) is 10.8. The van der Waals surface area contributed by atoms with Crippen molar-refractivity contribution in [1.29, 1.82) is 0 Å². The van der Waals surface area contributed by atoms with E-state index in [-0.39, 0.29) is 0 Å². The maximum Gasteiger partial charge on any atom is 0.0323 e. The number of halogens is 2. The molecule has 0 aromatic heterocycles. The number of hydrogen-bond donors (Lipinski definition) is 1. The Kier molecular flexibility index (Phi) is 5.05. The van der Waals surface area contributed by atoms with Gasteiger partial charge in [-0.1, -0.05) is 31.6 Å². The summed E-state index contributed by atoms with van der Waals surface area (Å²) < 4.78 is 2.20. The van der Waals surface area contributed by atoms with Crippen LogP contribution >= 0.6 is 31.9 Å². The third kappa shape index (κ3) is 4.22. The van der Waals surface area contributed by atoms with Crippen LogP contribution in [-0.2, 0) is 0 Å². The summed E-state index contributed by atoms with van der Waals surface area (Å²) in [6.07, 6.45) is 4.99. The summed E-state index contributed by atoms with van der Waals surface area (Å²) in [5, 5.41) is 3.59. The quantitative estimate of drug-likeness (QED) is 0.766. The lowest BCUT2D eigenvalue weighted by Crippen LogP contribution is -2.21. The fourth-order valence-corrected chi connectivity index (χ4v) is 2.43. The van der Waals surface area contributed by atoms with Crippen LogP contribution in [0.5, 0.6) is 0 Å². The van der Waals surface area contributed by atoms with Gasteiger partial charge in [-0.2, -0.15) is 0 Å². The summed E-state index contributed by atoms with van der Waals surface area (Å²) in [5.74, 6) is 0.582. The molecule has 1 aromatic rings. The first-order chi connectivity index (χ1) is 8.56. The van der Waals surface area contributed by atoms with Crippen molar-refractivity contribution in [3.63, 3.8) is 0 Å². The molecule has 0 heterocycles. The SMILES string of the molecule is CC(C)/C(=C/c1ccc(Br)c(Br)c1)CNC1CC1. The minimum absolute atomic E-state index is 0.582. The van der Waals surface area contributed by atoms with Gasteiger partial charge in [-0.15, -0.1) is 0 Å². The van der Waals surface area contributed by atoms with E-state index < -0.39 is 0 Å². The van der Waals surface area contributed by atoms with E-state index >= 15 is 0 Å². The van der Waals surface area contributed by atoms with Crippen molar-refractivity contribution >= 4 is 37.9 Å². The van der Waals surface area contributed by atoms with Crippen LogP contribution in [0.15, 0.2) is 32.7 Å². The molecule has 2 rings (SSSR count). The van der Waals surface area contributed by atoms with Crippen LogP contribution in [0.2, 0.25) is 0 Å². The third-order valence-corrected chi connectivity index (χ3v) is 5.09. The molecule has 0 atom stereocenters. The second kappa shape index (κ2) is 6.36. The third-order valence-electron chi connectivity index (χ3n) is 3.21. The Morgan fingerprint density at radius 2 is 2.06 bits per heavy atom. The van der Waals surface area contributed by atoms with Gasteiger partial charge in [0.1, 0.15) is 0 Å². The molecule has 18 heavy (non-hydrogen) atoms. The zero-order chi connectivity index (χ0) is 13.1. The molecule has 1 N–H and O–H groups in total. The Hall–Kier alpha value is -0.120. The van der Waals surface area contributed by atoms with Crippen LogP contribution in [0, 0.1) is 5.92 Å². The van der Waals surface area contributed by atoms with E-state index in [1.54, 1.807) is 0 Å². The molecule has 0 radical (unpaired) electrons. The Bertz CT molecular complexity index is 448. The van der Waals surface area contributed by atoms with Gasteiger partial charge in [-0.25, -0.2) is 0 Å². The van der Waals surface area contributed by atoms with Crippen LogP contribution in [0.3, 0.4) is 0 Å². The average Bonchev–Trinajstić information content (AvgIpc) is 3.12. The molecule has 1 saturated carbocycles. The van der Waals surface area contributed by atoms with Crippen molar-refractivity contribution in [2.24, 2.45) is 5.92 Å². The number of hydrogen-bond acceptors (Lipinski definition) is 1. The molecule has 1 aliphatic carbocycles. The van der Waals surface area contributed by atoms with Gasteiger partial charge in [0.15, 0.2) is 0 Å². The van der Waals surface area contributed by atoms with Crippen molar-refractivity contribution in [3.05, 3.63) is 38.3 Å². The molecule has 3 heteroatoms. The molecule has 0 spiro atoms. The lowest BCUT2D eigenvalue weighted by molar-refractivity contribution is 0.662. The molecule has 0 unspecified atom stereocenters. The highest BCUT2D eigenvalue weighted by atomic mass is 79.9.